The standard InChI is InChI=1S/C15H30N2O/c1-4-6-12(3)17-15(18)11-16-14-9-7-13(5-2)8-10-14/h12-14,16H,4-11H2,1-3H3,(H,17,18). The van der Waals surface area contributed by atoms with Crippen LogP contribution < -0.4 is 10.6 Å². The molecule has 0 aromatic carbocycles. The maximum atomic E-state index is 11.7. The van der Waals surface area contributed by atoms with Gasteiger partial charge in [-0.1, -0.05) is 26.7 Å². The molecular weight excluding hydrogens is 224 g/mol. The second-order valence-corrected chi connectivity index (χ2v) is 5.76. The monoisotopic (exact) mass is 254 g/mol. The molecule has 1 atom stereocenters. The molecule has 18 heavy (non-hydrogen) atoms. The minimum absolute atomic E-state index is 0.147. The normalized spacial score (nSPS) is 25.7. The molecule has 1 unspecified atom stereocenters. The van der Waals surface area contributed by atoms with Crippen LogP contribution in [0, 0.1) is 5.92 Å². The summed E-state index contributed by atoms with van der Waals surface area (Å²) in [6.45, 7) is 6.98. The third kappa shape index (κ3) is 5.85. The first-order chi connectivity index (χ1) is 8.65. The molecule has 106 valence electrons. The molecule has 0 radical (unpaired) electrons. The number of hydrogen-bond acceptors (Lipinski definition) is 2. The summed E-state index contributed by atoms with van der Waals surface area (Å²) in [4.78, 5) is 11.7. The Hall–Kier alpha value is -0.570. The lowest BCUT2D eigenvalue weighted by atomic mass is 9.84. The summed E-state index contributed by atoms with van der Waals surface area (Å²) in [7, 11) is 0. The highest BCUT2D eigenvalue weighted by Gasteiger charge is 2.20. The van der Waals surface area contributed by atoms with Crippen molar-refractivity contribution in [3.05, 3.63) is 0 Å². The molecule has 0 heterocycles. The van der Waals surface area contributed by atoms with Crippen molar-refractivity contribution in [2.45, 2.75) is 77.8 Å². The second-order valence-electron chi connectivity index (χ2n) is 5.76. The molecule has 1 aliphatic carbocycles. The van der Waals surface area contributed by atoms with E-state index in [0.717, 1.165) is 18.8 Å². The van der Waals surface area contributed by atoms with Crippen molar-refractivity contribution in [3.8, 4) is 0 Å². The van der Waals surface area contributed by atoms with E-state index in [9.17, 15) is 4.79 Å². The number of carbonyl (C=O) groups is 1. The molecule has 0 spiro atoms. The SMILES string of the molecule is CCCC(C)NC(=O)CNC1CCC(CC)CC1. The Kier molecular flexibility index (Phi) is 7.33. The van der Waals surface area contributed by atoms with E-state index in [0.29, 0.717) is 18.6 Å². The molecule has 3 nitrogen and oxygen atoms in total. The predicted octanol–water partition coefficient (Wildman–Crippen LogP) is 2.85. The van der Waals surface area contributed by atoms with Crippen LogP contribution in [0.25, 0.3) is 0 Å². The topological polar surface area (TPSA) is 41.1 Å². The van der Waals surface area contributed by atoms with Crippen LogP contribution in [0.5, 0.6) is 0 Å². The maximum absolute atomic E-state index is 11.7. The molecule has 1 rings (SSSR count). The molecule has 0 aromatic rings. The van der Waals surface area contributed by atoms with Crippen molar-refractivity contribution in [1.29, 1.82) is 0 Å². The lowest BCUT2D eigenvalue weighted by Gasteiger charge is -2.28. The molecule has 1 amide bonds. The largest absolute Gasteiger partial charge is 0.353 e. The number of amides is 1. The summed E-state index contributed by atoms with van der Waals surface area (Å²) in [5, 5.41) is 6.44. The molecule has 3 heteroatoms. The van der Waals surface area contributed by atoms with E-state index in [1.54, 1.807) is 0 Å². The van der Waals surface area contributed by atoms with Gasteiger partial charge in [-0.2, -0.15) is 0 Å². The predicted molar refractivity (Wildman–Crippen MR) is 76.6 cm³/mol. The molecule has 1 saturated carbocycles. The minimum Gasteiger partial charge on any atom is -0.353 e. The van der Waals surface area contributed by atoms with Crippen LogP contribution in [0.4, 0.5) is 0 Å². The Bertz CT molecular complexity index is 235. The highest BCUT2D eigenvalue weighted by molar-refractivity contribution is 5.78. The van der Waals surface area contributed by atoms with Gasteiger partial charge in [-0.05, 0) is 44.9 Å². The number of hydrogen-bond donors (Lipinski definition) is 2. The van der Waals surface area contributed by atoms with Gasteiger partial charge in [0.15, 0.2) is 0 Å². The number of carbonyl (C=O) groups excluding carboxylic acids is 1. The van der Waals surface area contributed by atoms with E-state index in [-0.39, 0.29) is 5.91 Å². The molecule has 0 aromatic heterocycles. The smallest absolute Gasteiger partial charge is 0.234 e. The zero-order chi connectivity index (χ0) is 13.4. The fourth-order valence-corrected chi connectivity index (χ4v) is 2.84. The average molecular weight is 254 g/mol. The Morgan fingerprint density at radius 1 is 1.22 bits per heavy atom. The summed E-state index contributed by atoms with van der Waals surface area (Å²) >= 11 is 0. The van der Waals surface area contributed by atoms with Crippen LogP contribution in [0.1, 0.15) is 65.7 Å². The summed E-state index contributed by atoms with van der Waals surface area (Å²) in [6.07, 6.45) is 8.60. The lowest BCUT2D eigenvalue weighted by Crippen LogP contribution is -2.43. The summed E-state index contributed by atoms with van der Waals surface area (Å²) in [5.74, 6) is 1.06. The Labute approximate surface area is 112 Å². The van der Waals surface area contributed by atoms with E-state index in [4.69, 9.17) is 0 Å². The van der Waals surface area contributed by atoms with Gasteiger partial charge in [0.25, 0.3) is 0 Å². The van der Waals surface area contributed by atoms with Gasteiger partial charge in [0.2, 0.25) is 5.91 Å². The summed E-state index contributed by atoms with van der Waals surface area (Å²) < 4.78 is 0. The lowest BCUT2D eigenvalue weighted by molar-refractivity contribution is -0.121. The van der Waals surface area contributed by atoms with E-state index < -0.39 is 0 Å². The van der Waals surface area contributed by atoms with Gasteiger partial charge in [0.05, 0.1) is 6.54 Å². The van der Waals surface area contributed by atoms with Gasteiger partial charge in [-0.25, -0.2) is 0 Å². The van der Waals surface area contributed by atoms with Crippen molar-refractivity contribution in [2.75, 3.05) is 6.54 Å². The van der Waals surface area contributed by atoms with Crippen LogP contribution in [0.15, 0.2) is 0 Å². The Morgan fingerprint density at radius 3 is 2.44 bits per heavy atom. The fourth-order valence-electron chi connectivity index (χ4n) is 2.84. The second kappa shape index (κ2) is 8.52. The van der Waals surface area contributed by atoms with Gasteiger partial charge < -0.3 is 10.6 Å². The number of nitrogens with one attached hydrogen (secondary N) is 2. The van der Waals surface area contributed by atoms with Crippen molar-refractivity contribution in [3.63, 3.8) is 0 Å². The van der Waals surface area contributed by atoms with E-state index >= 15 is 0 Å². The Morgan fingerprint density at radius 2 is 1.89 bits per heavy atom. The van der Waals surface area contributed by atoms with Crippen LogP contribution in [0.2, 0.25) is 0 Å². The molecule has 1 fully saturated rings. The zero-order valence-corrected chi connectivity index (χ0v) is 12.3. The fraction of sp³-hybridized carbons (Fsp3) is 0.933. The van der Waals surface area contributed by atoms with Crippen molar-refractivity contribution < 1.29 is 4.79 Å². The van der Waals surface area contributed by atoms with E-state index in [1.165, 1.54) is 32.1 Å². The average Bonchev–Trinajstić information content (AvgIpc) is 2.37. The van der Waals surface area contributed by atoms with Crippen LogP contribution in [-0.4, -0.2) is 24.5 Å². The molecular formula is C15H30N2O. The summed E-state index contributed by atoms with van der Waals surface area (Å²) in [5.41, 5.74) is 0. The first-order valence-corrected chi connectivity index (χ1v) is 7.68. The van der Waals surface area contributed by atoms with Crippen LogP contribution in [-0.2, 0) is 4.79 Å². The van der Waals surface area contributed by atoms with Crippen LogP contribution >= 0.6 is 0 Å². The third-order valence-corrected chi connectivity index (χ3v) is 4.10. The Balaban J connectivity index is 2.11. The van der Waals surface area contributed by atoms with Gasteiger partial charge in [0, 0.05) is 12.1 Å². The highest BCUT2D eigenvalue weighted by atomic mass is 16.1. The highest BCUT2D eigenvalue weighted by Crippen LogP contribution is 2.26. The zero-order valence-electron chi connectivity index (χ0n) is 12.3. The summed E-state index contributed by atoms with van der Waals surface area (Å²) in [6, 6.07) is 0.861. The van der Waals surface area contributed by atoms with E-state index in [1.807, 2.05) is 0 Å². The van der Waals surface area contributed by atoms with Gasteiger partial charge in [-0.15, -0.1) is 0 Å². The minimum atomic E-state index is 0.147. The molecule has 0 bridgehead atoms. The quantitative estimate of drug-likeness (QED) is 0.733. The molecule has 0 saturated heterocycles. The number of rotatable bonds is 7. The third-order valence-electron chi connectivity index (χ3n) is 4.10. The van der Waals surface area contributed by atoms with E-state index in [2.05, 4.69) is 31.4 Å². The van der Waals surface area contributed by atoms with Gasteiger partial charge in [0.1, 0.15) is 0 Å². The maximum Gasteiger partial charge on any atom is 0.234 e. The van der Waals surface area contributed by atoms with Crippen molar-refractivity contribution in [2.24, 2.45) is 5.92 Å². The van der Waals surface area contributed by atoms with Gasteiger partial charge in [-0.3, -0.25) is 4.79 Å². The van der Waals surface area contributed by atoms with Crippen molar-refractivity contribution >= 4 is 5.91 Å². The van der Waals surface area contributed by atoms with Crippen LogP contribution in [0.3, 0.4) is 0 Å². The van der Waals surface area contributed by atoms with Crippen molar-refractivity contribution in [1.82, 2.24) is 10.6 Å². The molecule has 2 N–H and O–H groups in total. The first-order valence-electron chi connectivity index (χ1n) is 7.68. The van der Waals surface area contributed by atoms with Gasteiger partial charge >= 0.3 is 0 Å². The molecule has 1 aliphatic rings. The first kappa shape index (κ1) is 15.5. The molecule has 0 aliphatic heterocycles.